The molecule has 1 unspecified atom stereocenters. The summed E-state index contributed by atoms with van der Waals surface area (Å²) in [7, 11) is 1.64. The highest BCUT2D eigenvalue weighted by Gasteiger charge is 2.26. The van der Waals surface area contributed by atoms with Crippen LogP contribution in [0.25, 0.3) is 0 Å². The lowest BCUT2D eigenvalue weighted by Gasteiger charge is -2.29. The fourth-order valence-corrected chi connectivity index (χ4v) is 2.51. The Balaban J connectivity index is 2.31. The summed E-state index contributed by atoms with van der Waals surface area (Å²) in [5.74, 6) is 0. The molecule has 1 atom stereocenters. The molecule has 0 aromatic heterocycles. The molecule has 31 heavy (non-hydrogen) atoms. The van der Waals surface area contributed by atoms with E-state index in [1.165, 1.54) is 0 Å². The molecule has 0 aromatic rings. The van der Waals surface area contributed by atoms with Gasteiger partial charge in [0, 0.05) is 7.11 Å². The molecule has 1 saturated heterocycles. The zero-order chi connectivity index (χ0) is 22.3. The summed E-state index contributed by atoms with van der Waals surface area (Å²) in [6.45, 7) is 10.9. The molecular weight excluding hydrogens is 412 g/mol. The Morgan fingerprint density at radius 1 is 0.548 bits per heavy atom. The van der Waals surface area contributed by atoms with Crippen molar-refractivity contribution < 1.29 is 47.4 Å². The van der Waals surface area contributed by atoms with Crippen LogP contribution >= 0.6 is 0 Å². The number of methoxy groups -OCH3 is 1. The fourth-order valence-electron chi connectivity index (χ4n) is 2.51. The van der Waals surface area contributed by atoms with Crippen LogP contribution < -0.4 is 0 Å². The highest BCUT2D eigenvalue weighted by Crippen LogP contribution is 2.12. The van der Waals surface area contributed by atoms with Crippen LogP contribution in [-0.2, 0) is 47.4 Å². The monoisotopic (exact) mass is 454 g/mol. The molecule has 186 valence electrons. The van der Waals surface area contributed by atoms with E-state index in [2.05, 4.69) is 0 Å². The molecule has 0 spiro atoms. The van der Waals surface area contributed by atoms with Crippen LogP contribution in [0.2, 0.25) is 0 Å². The van der Waals surface area contributed by atoms with Crippen LogP contribution in [0.15, 0.2) is 0 Å². The van der Waals surface area contributed by atoms with Gasteiger partial charge in [0.15, 0.2) is 0 Å². The van der Waals surface area contributed by atoms with Gasteiger partial charge in [-0.3, -0.25) is 0 Å². The molecule has 1 aliphatic heterocycles. The highest BCUT2D eigenvalue weighted by molar-refractivity contribution is 4.74. The molecule has 0 aromatic carbocycles. The van der Waals surface area contributed by atoms with Crippen molar-refractivity contribution in [3.8, 4) is 0 Å². The van der Waals surface area contributed by atoms with Crippen molar-refractivity contribution in [3.05, 3.63) is 0 Å². The van der Waals surface area contributed by atoms with E-state index >= 15 is 0 Å². The van der Waals surface area contributed by atoms with Crippen molar-refractivity contribution in [1.82, 2.24) is 0 Å². The van der Waals surface area contributed by atoms with Gasteiger partial charge >= 0.3 is 0 Å². The fraction of sp³-hybridized carbons (Fsp3) is 1.00. The Morgan fingerprint density at radius 3 is 1.48 bits per heavy atom. The first-order chi connectivity index (χ1) is 15.3. The van der Waals surface area contributed by atoms with E-state index in [-0.39, 0.29) is 0 Å². The van der Waals surface area contributed by atoms with Crippen molar-refractivity contribution >= 4 is 0 Å². The first-order valence-electron chi connectivity index (χ1n) is 11.0. The third kappa shape index (κ3) is 18.8. The Morgan fingerprint density at radius 2 is 0.968 bits per heavy atom. The summed E-state index contributed by atoms with van der Waals surface area (Å²) < 4.78 is 55.3. The zero-order valence-corrected chi connectivity index (χ0v) is 19.3. The lowest BCUT2D eigenvalue weighted by molar-refractivity contribution is -0.141. The standard InChI is InChI=1S/C21H42O10/c1-21(19-29-15-13-23-4-3-22-2)20-30-16-14-27-10-9-25-6-5-24-7-8-26-11-12-28-17-18-31-21/h3-20H2,1-2H3. The Hall–Kier alpha value is -0.400. The minimum atomic E-state index is -0.592. The highest BCUT2D eigenvalue weighted by atomic mass is 16.6. The summed E-state index contributed by atoms with van der Waals surface area (Å²) in [6, 6.07) is 0. The van der Waals surface area contributed by atoms with Crippen LogP contribution in [-0.4, -0.2) is 132 Å². The van der Waals surface area contributed by atoms with Crippen LogP contribution in [0.3, 0.4) is 0 Å². The van der Waals surface area contributed by atoms with Gasteiger partial charge in [-0.2, -0.15) is 0 Å². The second-order valence-electron chi connectivity index (χ2n) is 7.07. The van der Waals surface area contributed by atoms with Gasteiger partial charge in [-0.15, -0.1) is 0 Å². The van der Waals surface area contributed by atoms with Crippen molar-refractivity contribution in [2.24, 2.45) is 0 Å². The van der Waals surface area contributed by atoms with Gasteiger partial charge in [-0.25, -0.2) is 0 Å². The quantitative estimate of drug-likeness (QED) is 0.484. The maximum absolute atomic E-state index is 6.02. The number of hydrogen-bond acceptors (Lipinski definition) is 10. The molecule has 0 bridgehead atoms. The SMILES string of the molecule is COCCOCCOCC1(C)COCCOCCOCCOCCOCCOCCO1. The molecule has 10 heteroatoms. The first-order valence-corrected chi connectivity index (χ1v) is 11.0. The molecule has 0 amide bonds. The molecule has 0 saturated carbocycles. The van der Waals surface area contributed by atoms with Crippen LogP contribution in [0, 0.1) is 0 Å². The summed E-state index contributed by atoms with van der Waals surface area (Å²) >= 11 is 0. The number of hydrogen-bond donors (Lipinski definition) is 0. The van der Waals surface area contributed by atoms with Gasteiger partial charge in [0.25, 0.3) is 0 Å². The number of ether oxygens (including phenoxy) is 10. The maximum atomic E-state index is 6.02. The topological polar surface area (TPSA) is 92.3 Å². The third-order valence-electron chi connectivity index (χ3n) is 4.16. The molecule has 10 nitrogen and oxygen atoms in total. The number of rotatable bonds is 8. The van der Waals surface area contributed by atoms with Crippen molar-refractivity contribution in [1.29, 1.82) is 0 Å². The summed E-state index contributed by atoms with van der Waals surface area (Å²) in [5.41, 5.74) is -0.592. The van der Waals surface area contributed by atoms with E-state index in [0.29, 0.717) is 119 Å². The normalized spacial score (nSPS) is 25.0. The Kier molecular flexibility index (Phi) is 19.8. The average molecular weight is 455 g/mol. The second-order valence-corrected chi connectivity index (χ2v) is 7.07. The van der Waals surface area contributed by atoms with E-state index in [0.717, 1.165) is 0 Å². The van der Waals surface area contributed by atoms with Gasteiger partial charge in [-0.05, 0) is 6.92 Å². The first kappa shape index (κ1) is 28.6. The lowest BCUT2D eigenvalue weighted by Crippen LogP contribution is -2.41. The third-order valence-corrected chi connectivity index (χ3v) is 4.16. The zero-order valence-electron chi connectivity index (χ0n) is 19.3. The van der Waals surface area contributed by atoms with Gasteiger partial charge in [-0.1, -0.05) is 0 Å². The van der Waals surface area contributed by atoms with E-state index in [1.807, 2.05) is 6.92 Å². The van der Waals surface area contributed by atoms with Gasteiger partial charge < -0.3 is 47.4 Å². The van der Waals surface area contributed by atoms with Crippen LogP contribution in [0.1, 0.15) is 6.92 Å². The average Bonchev–Trinajstić information content (AvgIpc) is 2.77. The second kappa shape index (κ2) is 21.4. The van der Waals surface area contributed by atoms with Crippen molar-refractivity contribution in [3.63, 3.8) is 0 Å². The van der Waals surface area contributed by atoms with Gasteiger partial charge in [0.2, 0.25) is 0 Å². The molecule has 0 radical (unpaired) electrons. The van der Waals surface area contributed by atoms with Crippen LogP contribution in [0.5, 0.6) is 0 Å². The molecule has 0 aliphatic carbocycles. The summed E-state index contributed by atoms with van der Waals surface area (Å²) in [6.07, 6.45) is 0. The molecule has 1 fully saturated rings. The van der Waals surface area contributed by atoms with Gasteiger partial charge in [0.05, 0.1) is 119 Å². The van der Waals surface area contributed by atoms with E-state index < -0.39 is 5.60 Å². The van der Waals surface area contributed by atoms with Crippen molar-refractivity contribution in [2.75, 3.05) is 126 Å². The van der Waals surface area contributed by atoms with Crippen molar-refractivity contribution in [2.45, 2.75) is 12.5 Å². The predicted molar refractivity (Wildman–Crippen MR) is 113 cm³/mol. The van der Waals surface area contributed by atoms with Gasteiger partial charge in [0.1, 0.15) is 5.60 Å². The van der Waals surface area contributed by atoms with Crippen LogP contribution in [0.4, 0.5) is 0 Å². The molecule has 0 N–H and O–H groups in total. The Labute approximate surface area is 186 Å². The lowest BCUT2D eigenvalue weighted by atomic mass is 10.1. The largest absolute Gasteiger partial charge is 0.382 e. The summed E-state index contributed by atoms with van der Waals surface area (Å²) in [5, 5.41) is 0. The molecule has 1 aliphatic rings. The van der Waals surface area contributed by atoms with E-state index in [1.54, 1.807) is 7.11 Å². The smallest absolute Gasteiger partial charge is 0.112 e. The minimum absolute atomic E-state index is 0.387. The molecule has 1 heterocycles. The van der Waals surface area contributed by atoms with E-state index in [9.17, 15) is 0 Å². The molecule has 1 rings (SSSR count). The molecular formula is C21H42O10. The Bertz CT molecular complexity index is 350. The minimum Gasteiger partial charge on any atom is -0.382 e. The summed E-state index contributed by atoms with van der Waals surface area (Å²) in [4.78, 5) is 0. The maximum Gasteiger partial charge on any atom is 0.112 e. The predicted octanol–water partition coefficient (Wildman–Crippen LogP) is 0.555. The van der Waals surface area contributed by atoms with E-state index in [4.69, 9.17) is 47.4 Å².